The molecule has 0 aromatic heterocycles. The van der Waals surface area contributed by atoms with Crippen LogP contribution < -0.4 is 11.5 Å². The number of amides is 1. The van der Waals surface area contributed by atoms with Crippen LogP contribution in [0.15, 0.2) is 4.99 Å². The van der Waals surface area contributed by atoms with Crippen LogP contribution in [0.2, 0.25) is 0 Å². The molecule has 5 nitrogen and oxygen atoms in total. The lowest BCUT2D eigenvalue weighted by Gasteiger charge is -2.32. The standard InChI is InChI=1S/C14H28N4O/c1-4-6-7-9-14(11(10-15)8-5-2)12(19)18(3)13(16)17-14/h11H,4-10,15H2,1-3H3,(H2,16,17). The maximum Gasteiger partial charge on any atom is 0.257 e. The van der Waals surface area contributed by atoms with E-state index in [1.54, 1.807) is 7.05 Å². The number of hydrogen-bond acceptors (Lipinski definition) is 4. The summed E-state index contributed by atoms with van der Waals surface area (Å²) in [6.45, 7) is 4.74. The molecule has 0 saturated carbocycles. The summed E-state index contributed by atoms with van der Waals surface area (Å²) in [6.07, 6.45) is 5.90. The first-order valence-electron chi connectivity index (χ1n) is 7.37. The maximum absolute atomic E-state index is 12.6. The third-order valence-electron chi connectivity index (χ3n) is 4.09. The molecular formula is C14H28N4O. The number of aliphatic imine (C=N–C) groups is 1. The molecule has 0 aliphatic carbocycles. The molecule has 1 rings (SSSR count). The number of hydrogen-bond donors (Lipinski definition) is 2. The van der Waals surface area contributed by atoms with Crippen LogP contribution in [0.1, 0.15) is 52.4 Å². The van der Waals surface area contributed by atoms with Gasteiger partial charge in [-0.25, -0.2) is 4.99 Å². The fourth-order valence-electron chi connectivity index (χ4n) is 2.90. The van der Waals surface area contributed by atoms with Crippen molar-refractivity contribution in [3.63, 3.8) is 0 Å². The summed E-state index contributed by atoms with van der Waals surface area (Å²) in [4.78, 5) is 18.6. The fraction of sp³-hybridized carbons (Fsp3) is 0.857. The quantitative estimate of drug-likeness (QED) is 0.654. The zero-order valence-corrected chi connectivity index (χ0v) is 12.5. The Kier molecular flexibility index (Phi) is 5.79. The van der Waals surface area contributed by atoms with Crippen LogP contribution in [0, 0.1) is 5.92 Å². The maximum atomic E-state index is 12.6. The smallest absolute Gasteiger partial charge is 0.257 e. The Morgan fingerprint density at radius 2 is 2.00 bits per heavy atom. The average molecular weight is 268 g/mol. The van der Waals surface area contributed by atoms with Crippen molar-refractivity contribution in [1.29, 1.82) is 0 Å². The van der Waals surface area contributed by atoms with Crippen LogP contribution in [-0.4, -0.2) is 35.9 Å². The second kappa shape index (κ2) is 6.89. The highest BCUT2D eigenvalue weighted by Crippen LogP contribution is 2.36. The molecule has 0 spiro atoms. The van der Waals surface area contributed by atoms with Crippen LogP contribution in [0.3, 0.4) is 0 Å². The van der Waals surface area contributed by atoms with E-state index in [1.807, 2.05) is 0 Å². The zero-order valence-electron chi connectivity index (χ0n) is 12.5. The summed E-state index contributed by atoms with van der Waals surface area (Å²) in [6, 6.07) is 0. The number of rotatable bonds is 8. The van der Waals surface area contributed by atoms with Crippen molar-refractivity contribution in [2.45, 2.75) is 57.9 Å². The first-order chi connectivity index (χ1) is 9.03. The number of nitrogens with two attached hydrogens (primary N) is 2. The van der Waals surface area contributed by atoms with Gasteiger partial charge in [-0.2, -0.15) is 0 Å². The van der Waals surface area contributed by atoms with E-state index < -0.39 is 5.54 Å². The molecule has 1 aliphatic heterocycles. The van der Waals surface area contributed by atoms with Gasteiger partial charge in [0, 0.05) is 13.0 Å². The van der Waals surface area contributed by atoms with Crippen molar-refractivity contribution in [2.75, 3.05) is 13.6 Å². The van der Waals surface area contributed by atoms with Crippen LogP contribution in [0.25, 0.3) is 0 Å². The van der Waals surface area contributed by atoms with Gasteiger partial charge in [-0.3, -0.25) is 9.69 Å². The van der Waals surface area contributed by atoms with E-state index in [0.29, 0.717) is 12.5 Å². The van der Waals surface area contributed by atoms with Crippen LogP contribution in [-0.2, 0) is 4.79 Å². The normalized spacial score (nSPS) is 24.7. The third-order valence-corrected chi connectivity index (χ3v) is 4.09. The van der Waals surface area contributed by atoms with E-state index in [0.717, 1.165) is 38.5 Å². The first-order valence-corrected chi connectivity index (χ1v) is 7.37. The molecule has 1 aliphatic rings. The highest BCUT2D eigenvalue weighted by atomic mass is 16.2. The molecule has 4 N–H and O–H groups in total. The Morgan fingerprint density at radius 1 is 1.32 bits per heavy atom. The molecule has 0 fully saturated rings. The van der Waals surface area contributed by atoms with Gasteiger partial charge in [-0.15, -0.1) is 0 Å². The Morgan fingerprint density at radius 3 is 2.42 bits per heavy atom. The average Bonchev–Trinajstić information content (AvgIpc) is 2.62. The highest BCUT2D eigenvalue weighted by Gasteiger charge is 2.50. The predicted molar refractivity (Wildman–Crippen MR) is 78.7 cm³/mol. The molecule has 2 atom stereocenters. The fourth-order valence-corrected chi connectivity index (χ4v) is 2.90. The van der Waals surface area contributed by atoms with Gasteiger partial charge in [0.25, 0.3) is 5.91 Å². The second-order valence-corrected chi connectivity index (χ2v) is 5.44. The molecule has 19 heavy (non-hydrogen) atoms. The van der Waals surface area contributed by atoms with Crippen molar-refractivity contribution in [1.82, 2.24) is 4.90 Å². The predicted octanol–water partition coefficient (Wildman–Crippen LogP) is 1.47. The van der Waals surface area contributed by atoms with Crippen molar-refractivity contribution in [3.05, 3.63) is 0 Å². The summed E-state index contributed by atoms with van der Waals surface area (Å²) in [5.74, 6) is 0.436. The topological polar surface area (TPSA) is 84.7 Å². The molecule has 1 amide bonds. The monoisotopic (exact) mass is 268 g/mol. The van der Waals surface area contributed by atoms with Gasteiger partial charge in [0.2, 0.25) is 0 Å². The van der Waals surface area contributed by atoms with Gasteiger partial charge in [0.05, 0.1) is 0 Å². The van der Waals surface area contributed by atoms with Crippen molar-refractivity contribution in [2.24, 2.45) is 22.4 Å². The number of unbranched alkanes of at least 4 members (excludes halogenated alkanes) is 2. The summed E-state index contributed by atoms with van der Waals surface area (Å²) in [7, 11) is 1.70. The van der Waals surface area contributed by atoms with E-state index in [9.17, 15) is 4.79 Å². The Hall–Kier alpha value is -1.10. The van der Waals surface area contributed by atoms with E-state index in [-0.39, 0.29) is 11.8 Å². The van der Waals surface area contributed by atoms with Crippen molar-refractivity contribution < 1.29 is 4.79 Å². The lowest BCUT2D eigenvalue weighted by atomic mass is 9.77. The van der Waals surface area contributed by atoms with Crippen molar-refractivity contribution >= 4 is 11.9 Å². The second-order valence-electron chi connectivity index (χ2n) is 5.44. The minimum atomic E-state index is -0.710. The molecule has 0 radical (unpaired) electrons. The van der Waals surface area contributed by atoms with Crippen LogP contribution in [0.4, 0.5) is 0 Å². The first kappa shape index (κ1) is 16.0. The molecule has 0 aromatic rings. The van der Waals surface area contributed by atoms with Gasteiger partial charge in [-0.1, -0.05) is 39.5 Å². The largest absolute Gasteiger partial charge is 0.369 e. The number of guanidine groups is 1. The van der Waals surface area contributed by atoms with E-state index in [2.05, 4.69) is 18.8 Å². The molecule has 0 aromatic carbocycles. The van der Waals surface area contributed by atoms with Gasteiger partial charge >= 0.3 is 0 Å². The molecule has 0 bridgehead atoms. The molecule has 2 unspecified atom stereocenters. The Bertz CT molecular complexity index is 342. The lowest BCUT2D eigenvalue weighted by Crippen LogP contribution is -2.49. The van der Waals surface area contributed by atoms with E-state index >= 15 is 0 Å². The van der Waals surface area contributed by atoms with Crippen LogP contribution in [0.5, 0.6) is 0 Å². The van der Waals surface area contributed by atoms with Gasteiger partial charge in [-0.05, 0) is 19.4 Å². The molecule has 5 heteroatoms. The number of carbonyl (C=O) groups is 1. The minimum absolute atomic E-state index is 0.0185. The van der Waals surface area contributed by atoms with Crippen molar-refractivity contribution in [3.8, 4) is 0 Å². The summed E-state index contributed by atoms with van der Waals surface area (Å²) in [5.41, 5.74) is 11.0. The SMILES string of the molecule is CCCCCC1(C(CN)CCC)N=C(N)N(C)C1=O. The van der Waals surface area contributed by atoms with E-state index in [1.165, 1.54) is 4.90 Å². The van der Waals surface area contributed by atoms with Crippen LogP contribution >= 0.6 is 0 Å². The van der Waals surface area contributed by atoms with Gasteiger partial charge in [0.15, 0.2) is 5.96 Å². The number of carbonyl (C=O) groups excluding carboxylic acids is 1. The summed E-state index contributed by atoms with van der Waals surface area (Å²) in [5, 5.41) is 0. The molecular weight excluding hydrogens is 240 g/mol. The van der Waals surface area contributed by atoms with Gasteiger partial charge < -0.3 is 11.5 Å². The Labute approximate surface area is 116 Å². The Balaban J connectivity index is 3.00. The minimum Gasteiger partial charge on any atom is -0.369 e. The third kappa shape index (κ3) is 3.08. The van der Waals surface area contributed by atoms with Gasteiger partial charge in [0.1, 0.15) is 5.54 Å². The lowest BCUT2D eigenvalue weighted by molar-refractivity contribution is -0.132. The molecule has 1 heterocycles. The number of nitrogens with zero attached hydrogens (tertiary/aromatic N) is 2. The number of likely N-dealkylation sites (N-methyl/N-ethyl adjacent to an activating group) is 1. The summed E-state index contributed by atoms with van der Waals surface area (Å²) < 4.78 is 0. The zero-order chi connectivity index (χ0) is 14.5. The summed E-state index contributed by atoms with van der Waals surface area (Å²) >= 11 is 0. The van der Waals surface area contributed by atoms with E-state index in [4.69, 9.17) is 11.5 Å². The molecule has 0 saturated heterocycles. The molecule has 110 valence electrons. The highest BCUT2D eigenvalue weighted by molar-refractivity contribution is 6.06.